The van der Waals surface area contributed by atoms with E-state index in [-0.39, 0.29) is 11.7 Å². The lowest BCUT2D eigenvalue weighted by atomic mass is 9.84. The van der Waals surface area contributed by atoms with Crippen molar-refractivity contribution in [3.63, 3.8) is 0 Å². The molecule has 0 aliphatic carbocycles. The van der Waals surface area contributed by atoms with E-state index in [1.165, 1.54) is 5.56 Å². The molecule has 4 heteroatoms. The molecule has 2 nitrogen and oxygen atoms in total. The molecule has 0 aliphatic heterocycles. The van der Waals surface area contributed by atoms with Gasteiger partial charge in [-0.05, 0) is 66.3 Å². The van der Waals surface area contributed by atoms with Gasteiger partial charge in [0.1, 0.15) is 5.82 Å². The van der Waals surface area contributed by atoms with Crippen LogP contribution in [0.3, 0.4) is 0 Å². The molecule has 3 rings (SSSR count). The molecule has 134 valence electrons. The van der Waals surface area contributed by atoms with Gasteiger partial charge in [0.15, 0.2) is 0 Å². The summed E-state index contributed by atoms with van der Waals surface area (Å²) in [5.41, 5.74) is 4.53. The van der Waals surface area contributed by atoms with Crippen LogP contribution in [0.5, 0.6) is 5.88 Å². The predicted molar refractivity (Wildman–Crippen MR) is 106 cm³/mol. The first-order valence-corrected chi connectivity index (χ1v) is 9.36. The van der Waals surface area contributed by atoms with Crippen molar-refractivity contribution < 1.29 is 9.13 Å². The van der Waals surface area contributed by atoms with Gasteiger partial charge in [0.25, 0.3) is 0 Å². The van der Waals surface area contributed by atoms with Gasteiger partial charge in [-0.2, -0.15) is 0 Å². The molecule has 0 aliphatic rings. The lowest BCUT2D eigenvalue weighted by molar-refractivity contribution is 0.397. The molecule has 0 bridgehead atoms. The number of pyridine rings is 1. The van der Waals surface area contributed by atoms with Crippen LogP contribution in [0.1, 0.15) is 34.6 Å². The van der Waals surface area contributed by atoms with Crippen molar-refractivity contribution in [3.05, 3.63) is 93.3 Å². The van der Waals surface area contributed by atoms with Crippen LogP contribution >= 0.6 is 15.9 Å². The SMILES string of the molecule is COc1ccc(CCC(c2ccc(Br)cc2)c2ccc(F)cc2C)cn1. The maximum atomic E-state index is 13.6. The monoisotopic (exact) mass is 413 g/mol. The van der Waals surface area contributed by atoms with Gasteiger partial charge in [0, 0.05) is 22.7 Å². The quantitative estimate of drug-likeness (QED) is 0.489. The summed E-state index contributed by atoms with van der Waals surface area (Å²) in [4.78, 5) is 4.28. The number of nitrogens with zero attached hydrogens (tertiary/aromatic N) is 1. The summed E-state index contributed by atoms with van der Waals surface area (Å²) in [7, 11) is 1.61. The third-order valence-electron chi connectivity index (χ3n) is 4.61. The number of halogens is 2. The highest BCUT2D eigenvalue weighted by molar-refractivity contribution is 9.10. The molecule has 26 heavy (non-hydrogen) atoms. The van der Waals surface area contributed by atoms with Gasteiger partial charge in [-0.1, -0.05) is 40.2 Å². The highest BCUT2D eigenvalue weighted by atomic mass is 79.9. The minimum Gasteiger partial charge on any atom is -0.481 e. The molecule has 1 unspecified atom stereocenters. The minimum atomic E-state index is -0.194. The maximum Gasteiger partial charge on any atom is 0.212 e. The molecular weight excluding hydrogens is 393 g/mol. The number of aromatic nitrogens is 1. The first-order valence-electron chi connectivity index (χ1n) is 8.57. The third-order valence-corrected chi connectivity index (χ3v) is 5.14. The van der Waals surface area contributed by atoms with Gasteiger partial charge >= 0.3 is 0 Å². The lowest BCUT2D eigenvalue weighted by Crippen LogP contribution is -2.06. The van der Waals surface area contributed by atoms with Crippen molar-refractivity contribution in [2.45, 2.75) is 25.7 Å². The first kappa shape index (κ1) is 18.6. The van der Waals surface area contributed by atoms with Crippen LogP contribution in [0.2, 0.25) is 0 Å². The van der Waals surface area contributed by atoms with E-state index in [2.05, 4.69) is 45.2 Å². The standard InChI is InChI=1S/C22H21BrFNO/c1-15-13-19(24)9-11-20(15)21(17-5-7-18(23)8-6-17)10-3-16-4-12-22(26-2)25-14-16/h4-9,11-14,21H,3,10H2,1-2H3. The summed E-state index contributed by atoms with van der Waals surface area (Å²) >= 11 is 3.49. The molecular formula is C22H21BrFNO. The predicted octanol–water partition coefficient (Wildman–Crippen LogP) is 6.06. The number of methoxy groups -OCH3 is 1. The number of hydrogen-bond donors (Lipinski definition) is 0. The fourth-order valence-electron chi connectivity index (χ4n) is 3.22. The van der Waals surface area contributed by atoms with E-state index in [1.807, 2.05) is 31.3 Å². The number of aryl methyl sites for hydroxylation is 2. The molecule has 0 amide bonds. The average molecular weight is 414 g/mol. The van der Waals surface area contributed by atoms with E-state index < -0.39 is 0 Å². The Hall–Kier alpha value is -2.20. The molecule has 0 saturated carbocycles. The second kappa shape index (κ2) is 8.45. The van der Waals surface area contributed by atoms with Crippen molar-refractivity contribution in [2.75, 3.05) is 7.11 Å². The van der Waals surface area contributed by atoms with E-state index in [9.17, 15) is 4.39 Å². The van der Waals surface area contributed by atoms with Crippen molar-refractivity contribution in [1.82, 2.24) is 4.98 Å². The fourth-order valence-corrected chi connectivity index (χ4v) is 3.48. The van der Waals surface area contributed by atoms with Crippen LogP contribution in [0.4, 0.5) is 4.39 Å². The smallest absolute Gasteiger partial charge is 0.212 e. The molecule has 0 fully saturated rings. The Labute approximate surface area is 162 Å². The van der Waals surface area contributed by atoms with E-state index >= 15 is 0 Å². The first-order chi connectivity index (χ1) is 12.6. The normalized spacial score (nSPS) is 12.0. The average Bonchev–Trinajstić information content (AvgIpc) is 2.65. The molecule has 0 saturated heterocycles. The summed E-state index contributed by atoms with van der Waals surface area (Å²) in [5, 5.41) is 0. The van der Waals surface area contributed by atoms with Crippen LogP contribution < -0.4 is 4.74 Å². The van der Waals surface area contributed by atoms with Crippen LogP contribution in [0, 0.1) is 12.7 Å². The molecule has 1 heterocycles. The molecule has 2 aromatic carbocycles. The highest BCUT2D eigenvalue weighted by Gasteiger charge is 2.17. The second-order valence-electron chi connectivity index (χ2n) is 6.35. The van der Waals surface area contributed by atoms with Gasteiger partial charge in [-0.3, -0.25) is 0 Å². The van der Waals surface area contributed by atoms with Crippen molar-refractivity contribution in [2.24, 2.45) is 0 Å². The zero-order valence-electron chi connectivity index (χ0n) is 14.9. The van der Waals surface area contributed by atoms with Crippen LogP contribution in [0.15, 0.2) is 65.3 Å². The Morgan fingerprint density at radius 1 is 1.08 bits per heavy atom. The Morgan fingerprint density at radius 2 is 1.85 bits per heavy atom. The Morgan fingerprint density at radius 3 is 2.46 bits per heavy atom. The summed E-state index contributed by atoms with van der Waals surface area (Å²) in [5.74, 6) is 0.624. The summed E-state index contributed by atoms with van der Waals surface area (Å²) in [6.07, 6.45) is 3.66. The molecule has 1 aromatic heterocycles. The molecule has 0 radical (unpaired) electrons. The molecule has 0 spiro atoms. The Bertz CT molecular complexity index is 862. The minimum absolute atomic E-state index is 0.194. The highest BCUT2D eigenvalue weighted by Crippen LogP contribution is 2.32. The van der Waals surface area contributed by atoms with E-state index in [0.717, 1.165) is 34.0 Å². The zero-order valence-corrected chi connectivity index (χ0v) is 16.5. The van der Waals surface area contributed by atoms with Gasteiger partial charge in [0.2, 0.25) is 5.88 Å². The van der Waals surface area contributed by atoms with Gasteiger partial charge < -0.3 is 4.74 Å². The maximum absolute atomic E-state index is 13.6. The van der Waals surface area contributed by atoms with Gasteiger partial charge in [0.05, 0.1) is 7.11 Å². The van der Waals surface area contributed by atoms with Crippen molar-refractivity contribution >= 4 is 15.9 Å². The summed E-state index contributed by atoms with van der Waals surface area (Å²) in [6, 6.07) is 17.3. The van der Waals surface area contributed by atoms with Crippen LogP contribution in [-0.2, 0) is 6.42 Å². The lowest BCUT2D eigenvalue weighted by Gasteiger charge is -2.20. The molecule has 3 aromatic rings. The summed E-state index contributed by atoms with van der Waals surface area (Å²) in [6.45, 7) is 1.97. The van der Waals surface area contributed by atoms with E-state index in [1.54, 1.807) is 19.2 Å². The van der Waals surface area contributed by atoms with Gasteiger partial charge in [-0.25, -0.2) is 9.37 Å². The Balaban J connectivity index is 1.88. The number of ether oxygens (including phenoxy) is 1. The number of benzene rings is 2. The van der Waals surface area contributed by atoms with Crippen LogP contribution in [0.25, 0.3) is 0 Å². The summed E-state index contributed by atoms with van der Waals surface area (Å²) < 4.78 is 19.7. The molecule has 1 atom stereocenters. The largest absolute Gasteiger partial charge is 0.481 e. The topological polar surface area (TPSA) is 22.1 Å². The molecule has 0 N–H and O–H groups in total. The van der Waals surface area contributed by atoms with Crippen molar-refractivity contribution in [1.29, 1.82) is 0 Å². The van der Waals surface area contributed by atoms with Gasteiger partial charge in [-0.15, -0.1) is 0 Å². The van der Waals surface area contributed by atoms with Crippen LogP contribution in [-0.4, -0.2) is 12.1 Å². The van der Waals surface area contributed by atoms with E-state index in [4.69, 9.17) is 4.74 Å². The Kier molecular flexibility index (Phi) is 6.04. The number of hydrogen-bond acceptors (Lipinski definition) is 2. The van der Waals surface area contributed by atoms with E-state index in [0.29, 0.717) is 5.88 Å². The second-order valence-corrected chi connectivity index (χ2v) is 7.27. The number of rotatable bonds is 6. The zero-order chi connectivity index (χ0) is 18.5. The third kappa shape index (κ3) is 4.50. The van der Waals surface area contributed by atoms with Crippen molar-refractivity contribution in [3.8, 4) is 5.88 Å². The fraction of sp³-hybridized carbons (Fsp3) is 0.227.